The van der Waals surface area contributed by atoms with Crippen LogP contribution in [-0.2, 0) is 0 Å². The van der Waals surface area contributed by atoms with E-state index in [0.717, 1.165) is 5.69 Å². The van der Waals surface area contributed by atoms with E-state index in [-0.39, 0.29) is 12.5 Å². The number of nitrogens with zero attached hydrogens (tertiary/aromatic N) is 2. The largest absolute Gasteiger partial charge is 0.395 e. The van der Waals surface area contributed by atoms with Crippen LogP contribution in [0.4, 0.5) is 5.69 Å². The Balaban J connectivity index is 2.85. The standard InChI is InChI=1S/C11H17N3O2/c1-3-14(6-7-15)11(16)10-8-9(12-2)4-5-13-10/h4-5,8,15H,3,6-7H2,1-2H3,(H,12,13). The highest BCUT2D eigenvalue weighted by atomic mass is 16.3. The summed E-state index contributed by atoms with van der Waals surface area (Å²) in [5.74, 6) is -0.159. The molecule has 0 saturated carbocycles. The summed E-state index contributed by atoms with van der Waals surface area (Å²) in [5, 5.41) is 11.8. The van der Waals surface area contributed by atoms with Gasteiger partial charge in [-0.15, -0.1) is 0 Å². The Hall–Kier alpha value is -1.62. The molecule has 2 N–H and O–H groups in total. The van der Waals surface area contributed by atoms with Crippen LogP contribution in [0.5, 0.6) is 0 Å². The second kappa shape index (κ2) is 6.07. The van der Waals surface area contributed by atoms with Gasteiger partial charge >= 0.3 is 0 Å². The van der Waals surface area contributed by atoms with Crippen molar-refractivity contribution in [3.05, 3.63) is 24.0 Å². The van der Waals surface area contributed by atoms with Crippen molar-refractivity contribution in [3.8, 4) is 0 Å². The number of aliphatic hydroxyl groups excluding tert-OH is 1. The van der Waals surface area contributed by atoms with Crippen LogP contribution in [-0.4, -0.2) is 47.6 Å². The molecule has 16 heavy (non-hydrogen) atoms. The molecule has 0 fully saturated rings. The zero-order valence-corrected chi connectivity index (χ0v) is 9.60. The molecule has 0 aromatic carbocycles. The lowest BCUT2D eigenvalue weighted by molar-refractivity contribution is 0.0726. The first-order valence-electron chi connectivity index (χ1n) is 5.26. The summed E-state index contributed by atoms with van der Waals surface area (Å²) in [5.41, 5.74) is 1.24. The smallest absolute Gasteiger partial charge is 0.272 e. The molecule has 1 rings (SSSR count). The summed E-state index contributed by atoms with van der Waals surface area (Å²) in [6.07, 6.45) is 1.59. The average Bonchev–Trinajstić information content (AvgIpc) is 2.35. The van der Waals surface area contributed by atoms with Gasteiger partial charge in [-0.2, -0.15) is 0 Å². The quantitative estimate of drug-likeness (QED) is 0.766. The third kappa shape index (κ3) is 2.93. The minimum Gasteiger partial charge on any atom is -0.395 e. The number of nitrogens with one attached hydrogen (secondary N) is 1. The van der Waals surface area contributed by atoms with E-state index in [2.05, 4.69) is 10.3 Å². The predicted molar refractivity (Wildman–Crippen MR) is 62.4 cm³/mol. The maximum absolute atomic E-state index is 12.0. The minimum absolute atomic E-state index is 0.0364. The Bertz CT molecular complexity index is 355. The molecule has 0 aliphatic carbocycles. The van der Waals surface area contributed by atoms with Crippen molar-refractivity contribution in [2.24, 2.45) is 0 Å². The third-order valence-corrected chi connectivity index (χ3v) is 2.31. The van der Waals surface area contributed by atoms with Gasteiger partial charge in [0.15, 0.2) is 0 Å². The highest BCUT2D eigenvalue weighted by Crippen LogP contribution is 2.09. The predicted octanol–water partition coefficient (Wildman–Crippen LogP) is 0.578. The maximum Gasteiger partial charge on any atom is 0.272 e. The minimum atomic E-state index is -0.159. The lowest BCUT2D eigenvalue weighted by Crippen LogP contribution is -2.33. The van der Waals surface area contributed by atoms with Gasteiger partial charge in [-0.05, 0) is 19.1 Å². The fourth-order valence-corrected chi connectivity index (χ4v) is 1.39. The molecule has 5 nitrogen and oxygen atoms in total. The van der Waals surface area contributed by atoms with Gasteiger partial charge in [-0.1, -0.05) is 0 Å². The lowest BCUT2D eigenvalue weighted by atomic mass is 10.3. The normalized spacial score (nSPS) is 9.94. The van der Waals surface area contributed by atoms with Crippen LogP contribution in [0, 0.1) is 0 Å². The van der Waals surface area contributed by atoms with Crippen LogP contribution >= 0.6 is 0 Å². The van der Waals surface area contributed by atoms with Gasteiger partial charge < -0.3 is 15.3 Å². The summed E-state index contributed by atoms with van der Waals surface area (Å²) in [6, 6.07) is 3.49. The number of amides is 1. The number of carbonyl (C=O) groups is 1. The van der Waals surface area contributed by atoms with Gasteiger partial charge in [-0.25, -0.2) is 0 Å². The van der Waals surface area contributed by atoms with E-state index in [9.17, 15) is 4.79 Å². The Morgan fingerprint density at radius 1 is 1.62 bits per heavy atom. The molecular formula is C11H17N3O2. The Labute approximate surface area is 95.1 Å². The molecule has 1 aromatic rings. The molecule has 0 bridgehead atoms. The second-order valence-electron chi connectivity index (χ2n) is 3.29. The first-order chi connectivity index (χ1) is 7.72. The summed E-state index contributed by atoms with van der Waals surface area (Å²) >= 11 is 0. The molecule has 1 aromatic heterocycles. The number of rotatable bonds is 5. The van der Waals surface area contributed by atoms with Gasteiger partial charge in [-0.3, -0.25) is 9.78 Å². The Morgan fingerprint density at radius 3 is 2.94 bits per heavy atom. The number of anilines is 1. The number of aromatic nitrogens is 1. The summed E-state index contributed by atoms with van der Waals surface area (Å²) in [7, 11) is 1.79. The average molecular weight is 223 g/mol. The Kier molecular flexibility index (Phi) is 4.72. The van der Waals surface area contributed by atoms with Crippen LogP contribution in [0.1, 0.15) is 17.4 Å². The van der Waals surface area contributed by atoms with E-state index in [1.807, 2.05) is 6.92 Å². The summed E-state index contributed by atoms with van der Waals surface area (Å²) in [6.45, 7) is 2.73. The second-order valence-corrected chi connectivity index (χ2v) is 3.29. The maximum atomic E-state index is 12.0. The van der Waals surface area contributed by atoms with Crippen molar-refractivity contribution in [1.29, 1.82) is 0 Å². The first kappa shape index (κ1) is 12.4. The molecule has 5 heteroatoms. The number of aliphatic hydroxyl groups is 1. The molecule has 0 saturated heterocycles. The van der Waals surface area contributed by atoms with Crippen molar-refractivity contribution >= 4 is 11.6 Å². The van der Waals surface area contributed by atoms with E-state index in [0.29, 0.717) is 18.8 Å². The zero-order chi connectivity index (χ0) is 12.0. The molecule has 1 heterocycles. The molecule has 0 atom stereocenters. The van der Waals surface area contributed by atoms with Crippen molar-refractivity contribution in [1.82, 2.24) is 9.88 Å². The number of carbonyl (C=O) groups excluding carboxylic acids is 1. The van der Waals surface area contributed by atoms with E-state index >= 15 is 0 Å². The molecule has 0 aliphatic rings. The van der Waals surface area contributed by atoms with Crippen LogP contribution in [0.3, 0.4) is 0 Å². The summed E-state index contributed by atoms with van der Waals surface area (Å²) < 4.78 is 0. The van der Waals surface area contributed by atoms with Crippen LogP contribution in [0.25, 0.3) is 0 Å². The number of likely N-dealkylation sites (N-methyl/N-ethyl adjacent to an activating group) is 1. The SMILES string of the molecule is CCN(CCO)C(=O)c1cc(NC)ccn1. The van der Waals surface area contributed by atoms with Gasteiger partial charge in [0.25, 0.3) is 5.91 Å². The van der Waals surface area contributed by atoms with E-state index in [4.69, 9.17) is 5.11 Å². The lowest BCUT2D eigenvalue weighted by Gasteiger charge is -2.19. The van der Waals surface area contributed by atoms with E-state index < -0.39 is 0 Å². The van der Waals surface area contributed by atoms with E-state index in [1.165, 1.54) is 0 Å². The Morgan fingerprint density at radius 2 is 2.38 bits per heavy atom. The molecular weight excluding hydrogens is 206 g/mol. The highest BCUT2D eigenvalue weighted by Gasteiger charge is 2.14. The molecule has 0 aliphatic heterocycles. The van der Waals surface area contributed by atoms with Crippen molar-refractivity contribution in [2.45, 2.75) is 6.92 Å². The fraction of sp³-hybridized carbons (Fsp3) is 0.455. The fourth-order valence-electron chi connectivity index (χ4n) is 1.39. The van der Waals surface area contributed by atoms with Crippen LogP contribution in [0.2, 0.25) is 0 Å². The summed E-state index contributed by atoms with van der Waals surface area (Å²) in [4.78, 5) is 17.5. The monoisotopic (exact) mass is 223 g/mol. The van der Waals surface area contributed by atoms with Crippen molar-refractivity contribution in [3.63, 3.8) is 0 Å². The molecule has 1 amide bonds. The van der Waals surface area contributed by atoms with Gasteiger partial charge in [0, 0.05) is 32.0 Å². The third-order valence-electron chi connectivity index (χ3n) is 2.31. The van der Waals surface area contributed by atoms with Crippen molar-refractivity contribution < 1.29 is 9.90 Å². The molecule has 88 valence electrons. The number of hydrogen-bond acceptors (Lipinski definition) is 4. The van der Waals surface area contributed by atoms with E-state index in [1.54, 1.807) is 30.3 Å². The molecule has 0 spiro atoms. The van der Waals surface area contributed by atoms with Crippen LogP contribution < -0.4 is 5.32 Å². The van der Waals surface area contributed by atoms with Gasteiger partial charge in [0.1, 0.15) is 5.69 Å². The molecule has 0 unspecified atom stereocenters. The highest BCUT2D eigenvalue weighted by molar-refractivity contribution is 5.93. The van der Waals surface area contributed by atoms with Crippen molar-refractivity contribution in [2.75, 3.05) is 32.1 Å². The zero-order valence-electron chi connectivity index (χ0n) is 9.60. The van der Waals surface area contributed by atoms with Gasteiger partial charge in [0.2, 0.25) is 0 Å². The molecule has 0 radical (unpaired) electrons. The first-order valence-corrected chi connectivity index (χ1v) is 5.26. The topological polar surface area (TPSA) is 65.5 Å². The number of pyridine rings is 1. The number of hydrogen-bond donors (Lipinski definition) is 2. The van der Waals surface area contributed by atoms with Crippen LogP contribution in [0.15, 0.2) is 18.3 Å². The van der Waals surface area contributed by atoms with Gasteiger partial charge in [0.05, 0.1) is 6.61 Å².